The van der Waals surface area contributed by atoms with Crippen molar-refractivity contribution in [1.29, 1.82) is 0 Å². The number of hydrogen-bond donors (Lipinski definition) is 1. The Morgan fingerprint density at radius 1 is 1.17 bits per heavy atom. The summed E-state index contributed by atoms with van der Waals surface area (Å²) < 4.78 is 1.70. The van der Waals surface area contributed by atoms with E-state index in [1.807, 2.05) is 0 Å². The third-order valence-corrected chi connectivity index (χ3v) is 2.69. The molecule has 0 saturated carbocycles. The molecule has 1 saturated heterocycles. The van der Waals surface area contributed by atoms with Crippen molar-refractivity contribution in [3.05, 3.63) is 30.6 Å². The van der Waals surface area contributed by atoms with Gasteiger partial charge in [0, 0.05) is 12.4 Å². The van der Waals surface area contributed by atoms with Gasteiger partial charge in [-0.3, -0.25) is 0 Å². The first kappa shape index (κ1) is 14.8. The van der Waals surface area contributed by atoms with Crippen molar-refractivity contribution in [3.63, 3.8) is 0 Å². The van der Waals surface area contributed by atoms with Gasteiger partial charge in [-0.2, -0.15) is 9.78 Å². The number of nitrogens with zero attached hydrogens (tertiary/aromatic N) is 5. The second kappa shape index (κ2) is 6.63. The van der Waals surface area contributed by atoms with Crippen molar-refractivity contribution >= 4 is 24.8 Å². The summed E-state index contributed by atoms with van der Waals surface area (Å²) in [5.74, 6) is 1.47. The van der Waals surface area contributed by atoms with Crippen LogP contribution in [0.1, 0.15) is 24.7 Å². The highest BCUT2D eigenvalue weighted by Gasteiger charge is 2.22. The molecular weight excluding hydrogens is 275 g/mol. The van der Waals surface area contributed by atoms with Crippen molar-refractivity contribution in [2.75, 3.05) is 6.54 Å². The predicted molar refractivity (Wildman–Crippen MR) is 71.4 cm³/mol. The molecule has 1 fully saturated rings. The third-order valence-electron chi connectivity index (χ3n) is 2.69. The average molecular weight is 289 g/mol. The van der Waals surface area contributed by atoms with Crippen molar-refractivity contribution in [1.82, 2.24) is 30.0 Å². The standard InChI is InChI=1S/C10H12N6.2ClH/c1-3-8(11-4-1)9-14-7-15-16(9)10-12-5-2-6-13-10;;/h2,5-8,11H,1,3-4H2;2*1H/t8-;;/m1../s1. The largest absolute Gasteiger partial charge is 0.307 e. The van der Waals surface area contributed by atoms with Gasteiger partial charge in [0.1, 0.15) is 6.33 Å². The molecule has 8 heteroatoms. The zero-order valence-corrected chi connectivity index (χ0v) is 11.2. The van der Waals surface area contributed by atoms with E-state index < -0.39 is 0 Å². The lowest BCUT2D eigenvalue weighted by atomic mass is 10.2. The van der Waals surface area contributed by atoms with Gasteiger partial charge in [-0.15, -0.1) is 24.8 Å². The van der Waals surface area contributed by atoms with Crippen LogP contribution in [0.3, 0.4) is 0 Å². The Kier molecular flexibility index (Phi) is 5.46. The van der Waals surface area contributed by atoms with E-state index in [0.717, 1.165) is 18.8 Å². The molecule has 1 atom stereocenters. The predicted octanol–water partition coefficient (Wildman–Crippen LogP) is 1.33. The SMILES string of the molecule is Cl.Cl.c1cnc(-n2ncnc2[C@H]2CCCN2)nc1. The minimum atomic E-state index is 0. The lowest BCUT2D eigenvalue weighted by molar-refractivity contribution is 0.575. The van der Waals surface area contributed by atoms with E-state index >= 15 is 0 Å². The van der Waals surface area contributed by atoms with Gasteiger partial charge in [-0.1, -0.05) is 0 Å². The molecule has 0 unspecified atom stereocenters. The molecule has 1 aliphatic rings. The zero-order valence-electron chi connectivity index (χ0n) is 9.56. The van der Waals surface area contributed by atoms with Crippen LogP contribution in [0.5, 0.6) is 0 Å². The van der Waals surface area contributed by atoms with Crippen LogP contribution < -0.4 is 5.32 Å². The third kappa shape index (κ3) is 2.77. The van der Waals surface area contributed by atoms with Crippen LogP contribution in [0.15, 0.2) is 24.8 Å². The molecule has 3 heterocycles. The number of halogens is 2. The van der Waals surface area contributed by atoms with E-state index in [9.17, 15) is 0 Å². The molecule has 18 heavy (non-hydrogen) atoms. The maximum atomic E-state index is 4.28. The van der Waals surface area contributed by atoms with E-state index in [-0.39, 0.29) is 30.9 Å². The summed E-state index contributed by atoms with van der Waals surface area (Å²) in [7, 11) is 0. The van der Waals surface area contributed by atoms with E-state index in [4.69, 9.17) is 0 Å². The van der Waals surface area contributed by atoms with Gasteiger partial charge in [0.25, 0.3) is 5.95 Å². The van der Waals surface area contributed by atoms with Crippen molar-refractivity contribution in [3.8, 4) is 5.95 Å². The molecular formula is C10H14Cl2N6. The molecule has 0 spiro atoms. The Labute approximate surface area is 117 Å². The molecule has 0 bridgehead atoms. The quantitative estimate of drug-likeness (QED) is 0.903. The average Bonchev–Trinajstić information content (AvgIpc) is 3.01. The van der Waals surface area contributed by atoms with E-state index in [0.29, 0.717) is 5.95 Å². The Morgan fingerprint density at radius 2 is 1.94 bits per heavy atom. The highest BCUT2D eigenvalue weighted by Crippen LogP contribution is 2.21. The van der Waals surface area contributed by atoms with Crippen LogP contribution in [0.2, 0.25) is 0 Å². The highest BCUT2D eigenvalue weighted by atomic mass is 35.5. The summed E-state index contributed by atoms with van der Waals surface area (Å²) >= 11 is 0. The molecule has 0 amide bonds. The minimum absolute atomic E-state index is 0. The summed E-state index contributed by atoms with van der Waals surface area (Å²) in [5, 5.41) is 7.56. The second-order valence-corrected chi connectivity index (χ2v) is 3.73. The van der Waals surface area contributed by atoms with E-state index in [2.05, 4.69) is 25.4 Å². The number of rotatable bonds is 2. The molecule has 98 valence electrons. The van der Waals surface area contributed by atoms with Crippen LogP contribution >= 0.6 is 24.8 Å². The van der Waals surface area contributed by atoms with Gasteiger partial charge in [-0.05, 0) is 25.5 Å². The molecule has 2 aromatic heterocycles. The smallest absolute Gasteiger partial charge is 0.252 e. The fourth-order valence-electron chi connectivity index (χ4n) is 1.95. The Hall–Kier alpha value is -1.24. The van der Waals surface area contributed by atoms with Crippen LogP contribution in [0.4, 0.5) is 0 Å². The van der Waals surface area contributed by atoms with Gasteiger partial charge in [-0.25, -0.2) is 15.0 Å². The summed E-state index contributed by atoms with van der Waals surface area (Å²) in [4.78, 5) is 12.6. The molecule has 3 rings (SSSR count). The van der Waals surface area contributed by atoms with Gasteiger partial charge < -0.3 is 5.32 Å². The Morgan fingerprint density at radius 3 is 2.61 bits per heavy atom. The topological polar surface area (TPSA) is 68.5 Å². The van der Waals surface area contributed by atoms with Crippen LogP contribution in [0.25, 0.3) is 5.95 Å². The van der Waals surface area contributed by atoms with Crippen LogP contribution in [0, 0.1) is 0 Å². The summed E-state index contributed by atoms with van der Waals surface area (Å²) in [5.41, 5.74) is 0. The number of aromatic nitrogens is 5. The van der Waals surface area contributed by atoms with Crippen LogP contribution in [-0.2, 0) is 0 Å². The van der Waals surface area contributed by atoms with E-state index in [1.165, 1.54) is 6.42 Å². The molecule has 0 radical (unpaired) electrons. The first-order valence-electron chi connectivity index (χ1n) is 5.36. The molecule has 0 aromatic carbocycles. The highest BCUT2D eigenvalue weighted by molar-refractivity contribution is 5.85. The summed E-state index contributed by atoms with van der Waals surface area (Å²) in [6, 6.07) is 2.06. The lowest BCUT2D eigenvalue weighted by Crippen LogP contribution is -2.18. The normalized spacial score (nSPS) is 17.9. The monoisotopic (exact) mass is 288 g/mol. The molecule has 6 nitrogen and oxygen atoms in total. The van der Waals surface area contributed by atoms with Crippen molar-refractivity contribution < 1.29 is 0 Å². The van der Waals surface area contributed by atoms with Gasteiger partial charge >= 0.3 is 0 Å². The molecule has 1 aliphatic heterocycles. The maximum Gasteiger partial charge on any atom is 0.252 e. The first-order valence-corrected chi connectivity index (χ1v) is 5.36. The summed E-state index contributed by atoms with van der Waals surface area (Å²) in [6.45, 7) is 1.03. The number of hydrogen-bond acceptors (Lipinski definition) is 5. The van der Waals surface area contributed by atoms with Crippen molar-refractivity contribution in [2.45, 2.75) is 18.9 Å². The van der Waals surface area contributed by atoms with E-state index in [1.54, 1.807) is 29.5 Å². The van der Waals surface area contributed by atoms with Gasteiger partial charge in [0.15, 0.2) is 5.82 Å². The maximum absolute atomic E-state index is 4.28. The van der Waals surface area contributed by atoms with Gasteiger partial charge in [0.05, 0.1) is 6.04 Å². The first-order chi connectivity index (χ1) is 7.95. The lowest BCUT2D eigenvalue weighted by Gasteiger charge is -2.09. The Bertz CT molecular complexity index is 468. The zero-order chi connectivity index (χ0) is 10.8. The molecule has 2 aromatic rings. The fraction of sp³-hybridized carbons (Fsp3) is 0.400. The van der Waals surface area contributed by atoms with Gasteiger partial charge in [0.2, 0.25) is 0 Å². The number of nitrogens with one attached hydrogen (secondary N) is 1. The second-order valence-electron chi connectivity index (χ2n) is 3.73. The Balaban J connectivity index is 0.000000810. The summed E-state index contributed by atoms with van der Waals surface area (Å²) in [6.07, 6.45) is 7.22. The fourth-order valence-corrected chi connectivity index (χ4v) is 1.95. The van der Waals surface area contributed by atoms with Crippen LogP contribution in [-0.4, -0.2) is 31.3 Å². The molecule has 1 N–H and O–H groups in total. The molecule has 0 aliphatic carbocycles. The minimum Gasteiger partial charge on any atom is -0.307 e. The van der Waals surface area contributed by atoms with Crippen molar-refractivity contribution in [2.24, 2.45) is 0 Å².